The summed E-state index contributed by atoms with van der Waals surface area (Å²) in [4.78, 5) is 9.52. The van der Waals surface area contributed by atoms with Crippen LogP contribution in [0.2, 0.25) is 0 Å². The molecular weight excluding hydrogens is 262 g/mol. The number of fused-ring (bicyclic) bond motifs is 1. The summed E-state index contributed by atoms with van der Waals surface area (Å²) in [6.07, 6.45) is 4.26. The van der Waals surface area contributed by atoms with Crippen molar-refractivity contribution in [1.82, 2.24) is 9.97 Å². The van der Waals surface area contributed by atoms with Gasteiger partial charge in [0.2, 0.25) is 0 Å². The predicted octanol–water partition coefficient (Wildman–Crippen LogP) is 2.60. The second kappa shape index (κ2) is 4.81. The Morgan fingerprint density at radius 3 is 2.62 bits per heavy atom. The van der Waals surface area contributed by atoms with Gasteiger partial charge in [-0.2, -0.15) is 0 Å². The van der Waals surface area contributed by atoms with Crippen LogP contribution in [0, 0.1) is 0 Å². The minimum Gasteiger partial charge on any atom is -0.383 e. The van der Waals surface area contributed by atoms with E-state index in [0.29, 0.717) is 12.4 Å². The molecule has 0 unspecified atom stereocenters. The van der Waals surface area contributed by atoms with Gasteiger partial charge in [0.05, 0.1) is 24.3 Å². The van der Waals surface area contributed by atoms with Gasteiger partial charge in [-0.25, -0.2) is 9.97 Å². The highest BCUT2D eigenvalue weighted by atomic mass is 16.5. The summed E-state index contributed by atoms with van der Waals surface area (Å²) in [5, 5.41) is 0. The second-order valence-corrected chi connectivity index (χ2v) is 5.96. The molecule has 2 aromatic rings. The summed E-state index contributed by atoms with van der Waals surface area (Å²) < 4.78 is 5.47. The number of ether oxygens (including phenoxy) is 1. The molecule has 1 aliphatic carbocycles. The number of benzene rings is 1. The van der Waals surface area contributed by atoms with E-state index >= 15 is 0 Å². The van der Waals surface area contributed by atoms with Crippen LogP contribution in [-0.4, -0.2) is 16.6 Å². The molecule has 2 N–H and O–H groups in total. The van der Waals surface area contributed by atoms with Crippen LogP contribution < -0.4 is 5.73 Å². The molecule has 1 aromatic carbocycles. The van der Waals surface area contributed by atoms with E-state index in [-0.39, 0.29) is 5.41 Å². The number of nitrogens with two attached hydrogens (primary N) is 1. The Bertz CT molecular complexity index is 665. The van der Waals surface area contributed by atoms with Crippen molar-refractivity contribution in [3.63, 3.8) is 0 Å². The molecule has 2 heterocycles. The van der Waals surface area contributed by atoms with Gasteiger partial charge in [-0.15, -0.1) is 0 Å². The van der Waals surface area contributed by atoms with Gasteiger partial charge in [0.1, 0.15) is 11.6 Å². The van der Waals surface area contributed by atoms with Crippen molar-refractivity contribution >= 4 is 5.82 Å². The van der Waals surface area contributed by atoms with Crippen LogP contribution in [0.3, 0.4) is 0 Å². The first-order valence-electron chi connectivity index (χ1n) is 7.59. The van der Waals surface area contributed by atoms with E-state index in [1.54, 1.807) is 0 Å². The maximum absolute atomic E-state index is 6.16. The molecule has 4 nitrogen and oxygen atoms in total. The second-order valence-electron chi connectivity index (χ2n) is 5.96. The Morgan fingerprint density at radius 1 is 1.10 bits per heavy atom. The van der Waals surface area contributed by atoms with Gasteiger partial charge < -0.3 is 10.5 Å². The first-order valence-corrected chi connectivity index (χ1v) is 7.59. The van der Waals surface area contributed by atoms with Crippen LogP contribution in [0.5, 0.6) is 0 Å². The lowest BCUT2D eigenvalue weighted by Crippen LogP contribution is -2.38. The molecule has 4 heteroatoms. The van der Waals surface area contributed by atoms with Gasteiger partial charge >= 0.3 is 0 Å². The fourth-order valence-corrected chi connectivity index (χ4v) is 3.40. The molecule has 0 radical (unpaired) electrons. The Hall–Kier alpha value is -1.94. The van der Waals surface area contributed by atoms with Gasteiger partial charge in [-0.3, -0.25) is 0 Å². The van der Waals surface area contributed by atoms with Crippen molar-refractivity contribution in [1.29, 1.82) is 0 Å². The van der Waals surface area contributed by atoms with Crippen molar-refractivity contribution in [2.45, 2.75) is 37.7 Å². The van der Waals surface area contributed by atoms with E-state index in [0.717, 1.165) is 43.0 Å². The molecule has 0 saturated heterocycles. The molecule has 1 saturated carbocycles. The lowest BCUT2D eigenvalue weighted by atomic mass is 9.64. The molecule has 21 heavy (non-hydrogen) atoms. The maximum atomic E-state index is 6.16. The molecule has 1 aliphatic heterocycles. The van der Waals surface area contributed by atoms with Crippen LogP contribution in [0.25, 0.3) is 0 Å². The van der Waals surface area contributed by atoms with Crippen molar-refractivity contribution in [3.8, 4) is 0 Å². The Labute approximate surface area is 124 Å². The number of hydrogen-bond acceptors (Lipinski definition) is 4. The van der Waals surface area contributed by atoms with Crippen LogP contribution >= 0.6 is 0 Å². The lowest BCUT2D eigenvalue weighted by molar-refractivity contribution is 0.109. The Balaban J connectivity index is 1.83. The molecule has 4 rings (SSSR count). The van der Waals surface area contributed by atoms with Gasteiger partial charge in [-0.1, -0.05) is 36.8 Å². The average Bonchev–Trinajstić information content (AvgIpc) is 2.47. The highest BCUT2D eigenvalue weighted by Crippen LogP contribution is 2.48. The quantitative estimate of drug-likeness (QED) is 0.919. The zero-order valence-corrected chi connectivity index (χ0v) is 12.0. The minimum absolute atomic E-state index is 0.0390. The Kier molecular flexibility index (Phi) is 2.93. The lowest BCUT2D eigenvalue weighted by Gasteiger charge is -2.41. The third kappa shape index (κ3) is 1.94. The zero-order valence-electron chi connectivity index (χ0n) is 12.0. The molecule has 1 aromatic heterocycles. The van der Waals surface area contributed by atoms with Crippen molar-refractivity contribution in [2.75, 3.05) is 12.3 Å². The van der Waals surface area contributed by atoms with Gasteiger partial charge in [0, 0.05) is 12.0 Å². The number of aromatic nitrogens is 2. The summed E-state index contributed by atoms with van der Waals surface area (Å²) >= 11 is 0. The van der Waals surface area contributed by atoms with E-state index < -0.39 is 0 Å². The number of hydrogen-bond donors (Lipinski definition) is 1. The molecule has 1 fully saturated rings. The summed E-state index contributed by atoms with van der Waals surface area (Å²) in [5.74, 6) is 1.50. The minimum atomic E-state index is -0.0390. The summed E-state index contributed by atoms with van der Waals surface area (Å²) in [6, 6.07) is 10.6. The topological polar surface area (TPSA) is 61.0 Å². The third-order valence-corrected chi connectivity index (χ3v) is 4.82. The monoisotopic (exact) mass is 281 g/mol. The smallest absolute Gasteiger partial charge is 0.141 e. The number of rotatable bonds is 2. The molecule has 108 valence electrons. The normalized spacial score (nSPS) is 19.6. The molecule has 2 aliphatic rings. The van der Waals surface area contributed by atoms with Crippen molar-refractivity contribution in [3.05, 3.63) is 53.0 Å². The van der Waals surface area contributed by atoms with E-state index in [4.69, 9.17) is 15.5 Å². The number of anilines is 1. The predicted molar refractivity (Wildman–Crippen MR) is 80.9 cm³/mol. The van der Waals surface area contributed by atoms with Crippen molar-refractivity contribution in [2.24, 2.45) is 0 Å². The van der Waals surface area contributed by atoms with Crippen molar-refractivity contribution < 1.29 is 4.74 Å². The molecule has 0 atom stereocenters. The summed E-state index contributed by atoms with van der Waals surface area (Å²) in [7, 11) is 0. The highest BCUT2D eigenvalue weighted by Gasteiger charge is 2.43. The third-order valence-electron chi connectivity index (χ3n) is 4.82. The SMILES string of the molecule is Nc1nc(C2(c3ccccc3)CCC2)nc2c1COCC2. The van der Waals surface area contributed by atoms with E-state index in [9.17, 15) is 0 Å². The van der Waals surface area contributed by atoms with Gasteiger partial charge in [-0.05, 0) is 18.4 Å². The standard InChI is InChI=1S/C17H19N3O/c18-15-13-11-21-10-7-14(13)19-16(20-15)17(8-4-9-17)12-5-2-1-3-6-12/h1-3,5-6H,4,7-11H2,(H2,18,19,20). The summed E-state index contributed by atoms with van der Waals surface area (Å²) in [6.45, 7) is 1.26. The highest BCUT2D eigenvalue weighted by molar-refractivity contribution is 5.46. The molecule has 0 bridgehead atoms. The van der Waals surface area contributed by atoms with Crippen LogP contribution in [0.15, 0.2) is 30.3 Å². The molecular formula is C17H19N3O. The fourth-order valence-electron chi connectivity index (χ4n) is 3.40. The van der Waals surface area contributed by atoms with Crippen LogP contribution in [0.1, 0.15) is 41.9 Å². The van der Waals surface area contributed by atoms with E-state index in [1.165, 1.54) is 12.0 Å². The van der Waals surface area contributed by atoms with E-state index in [1.807, 2.05) is 0 Å². The molecule has 0 amide bonds. The zero-order chi connectivity index (χ0) is 14.3. The first kappa shape index (κ1) is 12.8. The number of nitrogen functional groups attached to an aromatic ring is 1. The van der Waals surface area contributed by atoms with E-state index in [2.05, 4.69) is 35.3 Å². The average molecular weight is 281 g/mol. The maximum Gasteiger partial charge on any atom is 0.141 e. The first-order chi connectivity index (χ1) is 10.3. The molecule has 0 spiro atoms. The Morgan fingerprint density at radius 2 is 1.90 bits per heavy atom. The largest absolute Gasteiger partial charge is 0.383 e. The van der Waals surface area contributed by atoms with Crippen LogP contribution in [0.4, 0.5) is 5.82 Å². The number of nitrogens with zero attached hydrogens (tertiary/aromatic N) is 2. The van der Waals surface area contributed by atoms with Crippen LogP contribution in [-0.2, 0) is 23.2 Å². The van der Waals surface area contributed by atoms with Gasteiger partial charge in [0.25, 0.3) is 0 Å². The fraction of sp³-hybridized carbons (Fsp3) is 0.412. The summed E-state index contributed by atoms with van der Waals surface area (Å²) in [5.41, 5.74) is 9.49. The van der Waals surface area contributed by atoms with Gasteiger partial charge in [0.15, 0.2) is 0 Å².